The van der Waals surface area contributed by atoms with E-state index in [1.807, 2.05) is 35.0 Å². The third-order valence-corrected chi connectivity index (χ3v) is 6.29. The van der Waals surface area contributed by atoms with Gasteiger partial charge in [-0.25, -0.2) is 9.67 Å². The zero-order valence-corrected chi connectivity index (χ0v) is 15.3. The molecule has 0 saturated carbocycles. The monoisotopic (exact) mass is 365 g/mol. The summed E-state index contributed by atoms with van der Waals surface area (Å²) < 4.78 is 3.59. The molecule has 3 aromatic rings. The largest absolute Gasteiger partial charge is 0.245 e. The smallest absolute Gasteiger partial charge is 0.184 e. The van der Waals surface area contributed by atoms with Crippen LogP contribution in [0.25, 0.3) is 5.69 Å². The van der Waals surface area contributed by atoms with Crippen LogP contribution in [0.5, 0.6) is 0 Å². The first kappa shape index (κ1) is 15.9. The molecule has 7 heteroatoms. The molecule has 0 saturated heterocycles. The first-order valence-corrected chi connectivity index (χ1v) is 10.1. The summed E-state index contributed by atoms with van der Waals surface area (Å²) in [6.07, 6.45) is 2.21. The molecule has 0 N–H and O–H groups in total. The molecular formula is C15H15N3S4. The Morgan fingerprint density at radius 1 is 1.27 bits per heavy atom. The van der Waals surface area contributed by atoms with Crippen LogP contribution in [-0.2, 0) is 12.2 Å². The van der Waals surface area contributed by atoms with E-state index in [0.29, 0.717) is 0 Å². The van der Waals surface area contributed by atoms with E-state index in [9.17, 15) is 0 Å². The van der Waals surface area contributed by atoms with Gasteiger partial charge < -0.3 is 0 Å². The van der Waals surface area contributed by atoms with Gasteiger partial charge in [-0.3, -0.25) is 0 Å². The quantitative estimate of drug-likeness (QED) is 0.434. The van der Waals surface area contributed by atoms with Crippen LogP contribution in [0.3, 0.4) is 0 Å². The molecule has 0 aliphatic carbocycles. The van der Waals surface area contributed by atoms with Crippen molar-refractivity contribution in [2.45, 2.75) is 29.9 Å². The average molecular weight is 366 g/mol. The number of rotatable bonds is 6. The number of thiazole rings is 1. The summed E-state index contributed by atoms with van der Waals surface area (Å²) in [6, 6.07) is 10.0. The zero-order valence-electron chi connectivity index (χ0n) is 12.1. The highest BCUT2D eigenvalue weighted by atomic mass is 32.2. The van der Waals surface area contributed by atoms with E-state index in [1.165, 1.54) is 5.01 Å². The highest BCUT2D eigenvalue weighted by molar-refractivity contribution is 8.00. The normalized spacial score (nSPS) is 11.0. The molecule has 0 aliphatic rings. The first-order chi connectivity index (χ1) is 10.8. The second-order valence-electron chi connectivity index (χ2n) is 4.65. The van der Waals surface area contributed by atoms with Crippen molar-refractivity contribution < 1.29 is 0 Å². The Morgan fingerprint density at radius 3 is 2.86 bits per heavy atom. The van der Waals surface area contributed by atoms with Crippen molar-refractivity contribution in [2.75, 3.05) is 0 Å². The lowest BCUT2D eigenvalue weighted by atomic mass is 10.3. The summed E-state index contributed by atoms with van der Waals surface area (Å²) in [6.45, 7) is 2.18. The number of hydrogen-bond acceptors (Lipinski definition) is 6. The highest BCUT2D eigenvalue weighted by Crippen LogP contribution is 2.27. The fourth-order valence-electron chi connectivity index (χ4n) is 1.93. The first-order valence-electron chi connectivity index (χ1n) is 6.98. The highest BCUT2D eigenvalue weighted by Gasteiger charge is 2.08. The maximum Gasteiger partial charge on any atom is 0.184 e. The van der Waals surface area contributed by atoms with Crippen molar-refractivity contribution in [3.63, 3.8) is 0 Å². The average Bonchev–Trinajstić information content (AvgIpc) is 3.13. The Hall–Kier alpha value is -1.02. The van der Waals surface area contributed by atoms with Gasteiger partial charge in [0.25, 0.3) is 0 Å². The summed E-state index contributed by atoms with van der Waals surface area (Å²) in [5.41, 5.74) is 2.14. The molecule has 0 spiro atoms. The topological polar surface area (TPSA) is 30.7 Å². The van der Waals surface area contributed by atoms with Gasteiger partial charge in [-0.2, -0.15) is 0 Å². The molecule has 2 aromatic heterocycles. The van der Waals surface area contributed by atoms with E-state index < -0.39 is 0 Å². The summed E-state index contributed by atoms with van der Waals surface area (Å²) >= 11 is 10.4. The van der Waals surface area contributed by atoms with Crippen LogP contribution in [0.2, 0.25) is 0 Å². The number of hydrogen-bond donors (Lipinski definition) is 0. The lowest BCUT2D eigenvalue weighted by Gasteiger charge is -1.98. The molecule has 22 heavy (non-hydrogen) atoms. The summed E-state index contributed by atoms with van der Waals surface area (Å²) in [5, 5.41) is 7.97. The zero-order chi connectivity index (χ0) is 15.4. The van der Waals surface area contributed by atoms with Crippen molar-refractivity contribution in [3.8, 4) is 5.69 Å². The summed E-state index contributed by atoms with van der Waals surface area (Å²) in [7, 11) is 0. The molecule has 3 nitrogen and oxygen atoms in total. The minimum absolute atomic E-state index is 0.777. The van der Waals surface area contributed by atoms with Gasteiger partial charge in [0.15, 0.2) is 8.29 Å². The van der Waals surface area contributed by atoms with Crippen LogP contribution in [0.1, 0.15) is 24.0 Å². The van der Waals surface area contributed by atoms with Crippen LogP contribution in [0.4, 0.5) is 0 Å². The van der Waals surface area contributed by atoms with Crippen LogP contribution in [0.15, 0.2) is 40.1 Å². The standard InChI is InChI=1S/C15H15N3S4/c1-2-6-13-16-11(9-20-13)10-21-14-17-18(15(19)22-14)12-7-4-3-5-8-12/h3-5,7-9H,2,6,10H2,1H3. The number of para-hydroxylation sites is 1. The van der Waals surface area contributed by atoms with Crippen molar-refractivity contribution >= 4 is 46.7 Å². The molecule has 0 radical (unpaired) electrons. The van der Waals surface area contributed by atoms with Crippen LogP contribution < -0.4 is 0 Å². The van der Waals surface area contributed by atoms with Crippen molar-refractivity contribution in [1.29, 1.82) is 0 Å². The molecule has 0 amide bonds. The van der Waals surface area contributed by atoms with Gasteiger partial charge in [0.05, 0.1) is 16.4 Å². The van der Waals surface area contributed by atoms with Gasteiger partial charge in [-0.05, 0) is 37.2 Å². The minimum atomic E-state index is 0.777. The molecule has 0 atom stereocenters. The van der Waals surface area contributed by atoms with Crippen LogP contribution in [-0.4, -0.2) is 14.8 Å². The third kappa shape index (κ3) is 3.84. The Labute approximate surface area is 147 Å². The van der Waals surface area contributed by atoms with Gasteiger partial charge in [-0.15, -0.1) is 16.4 Å². The lowest BCUT2D eigenvalue weighted by Crippen LogP contribution is -1.95. The lowest BCUT2D eigenvalue weighted by molar-refractivity contribution is 0.829. The molecule has 0 unspecified atom stereocenters. The second kappa shape index (κ2) is 7.50. The van der Waals surface area contributed by atoms with Crippen molar-refractivity contribution in [3.05, 3.63) is 50.4 Å². The Bertz CT molecular complexity index is 788. The predicted octanol–water partition coefficient (Wildman–Crippen LogP) is 5.36. The molecule has 114 valence electrons. The van der Waals surface area contributed by atoms with E-state index in [2.05, 4.69) is 22.4 Å². The fourth-order valence-corrected chi connectivity index (χ4v) is 5.19. The fraction of sp³-hybridized carbons (Fsp3) is 0.267. The number of thioether (sulfide) groups is 1. The van der Waals surface area contributed by atoms with E-state index in [1.54, 1.807) is 34.4 Å². The maximum absolute atomic E-state index is 5.42. The Balaban J connectivity index is 1.70. The minimum Gasteiger partial charge on any atom is -0.245 e. The number of aryl methyl sites for hydroxylation is 1. The molecule has 1 aromatic carbocycles. The van der Waals surface area contributed by atoms with Crippen LogP contribution >= 0.6 is 46.7 Å². The SMILES string of the molecule is CCCc1nc(CSc2nn(-c3ccccc3)c(=S)s2)cs1. The molecular weight excluding hydrogens is 350 g/mol. The van der Waals surface area contributed by atoms with Crippen LogP contribution in [0, 0.1) is 3.95 Å². The Kier molecular flexibility index (Phi) is 5.41. The predicted molar refractivity (Wildman–Crippen MR) is 97.9 cm³/mol. The molecule has 0 fully saturated rings. The van der Waals surface area contributed by atoms with Gasteiger partial charge in [0.1, 0.15) is 0 Å². The number of nitrogens with zero attached hydrogens (tertiary/aromatic N) is 3. The van der Waals surface area contributed by atoms with Gasteiger partial charge in [-0.1, -0.05) is 48.2 Å². The van der Waals surface area contributed by atoms with Crippen molar-refractivity contribution in [1.82, 2.24) is 14.8 Å². The number of aromatic nitrogens is 3. The molecule has 0 bridgehead atoms. The summed E-state index contributed by atoms with van der Waals surface area (Å²) in [5.74, 6) is 0.845. The molecule has 3 rings (SSSR count). The molecule has 0 aliphatic heterocycles. The summed E-state index contributed by atoms with van der Waals surface area (Å²) in [4.78, 5) is 4.64. The maximum atomic E-state index is 5.42. The van der Waals surface area contributed by atoms with E-state index in [4.69, 9.17) is 12.2 Å². The number of benzene rings is 1. The second-order valence-corrected chi connectivity index (χ2v) is 8.44. The van der Waals surface area contributed by atoms with Gasteiger partial charge in [0, 0.05) is 11.1 Å². The third-order valence-electron chi connectivity index (χ3n) is 2.94. The van der Waals surface area contributed by atoms with E-state index in [0.717, 1.165) is 38.3 Å². The molecule has 2 heterocycles. The van der Waals surface area contributed by atoms with E-state index in [-0.39, 0.29) is 0 Å². The van der Waals surface area contributed by atoms with Gasteiger partial charge in [0.2, 0.25) is 0 Å². The van der Waals surface area contributed by atoms with Gasteiger partial charge >= 0.3 is 0 Å². The van der Waals surface area contributed by atoms with Crippen molar-refractivity contribution in [2.24, 2.45) is 0 Å². The van der Waals surface area contributed by atoms with E-state index >= 15 is 0 Å². The Morgan fingerprint density at radius 2 is 2.09 bits per heavy atom.